The van der Waals surface area contributed by atoms with Crippen LogP contribution in [0.5, 0.6) is 0 Å². The van der Waals surface area contributed by atoms with E-state index >= 15 is 0 Å². The van der Waals surface area contributed by atoms with Gasteiger partial charge in [0, 0.05) is 123 Å². The molecule has 0 spiro atoms. The molecule has 28 nitrogen and oxygen atoms in total. The first kappa shape index (κ1) is 106. The molecule has 0 unspecified atom stereocenters. The lowest BCUT2D eigenvalue weighted by molar-refractivity contribution is -0.193. The summed E-state index contributed by atoms with van der Waals surface area (Å²) in [4.78, 5) is 149. The molecule has 4 rings (SSSR count). The van der Waals surface area contributed by atoms with Crippen molar-refractivity contribution in [3.05, 3.63) is 47.9 Å². The predicted molar refractivity (Wildman–Crippen MR) is 450 cm³/mol. The Morgan fingerprint density at radius 1 is 0.635 bits per heavy atom. The fourth-order valence-electron chi connectivity index (χ4n) is 13.7. The summed E-state index contributed by atoms with van der Waals surface area (Å²) in [5.74, 6) is -4.61. The number of ether oxygens (including phenoxy) is 1. The van der Waals surface area contributed by atoms with E-state index in [0.29, 0.717) is 44.6 Å². The number of carbonyl (C=O) groups is 12. The number of aliphatic hydroxyl groups excluding tert-OH is 2. The molecule has 1 aliphatic carbocycles. The van der Waals surface area contributed by atoms with Gasteiger partial charge in [-0.2, -0.15) is 0 Å². The van der Waals surface area contributed by atoms with Crippen LogP contribution < -0.4 is 53.2 Å². The maximum Gasteiger partial charge on any atom is 0.314 e. The highest BCUT2D eigenvalue weighted by molar-refractivity contribution is 7.93. The van der Waals surface area contributed by atoms with Crippen molar-refractivity contribution in [3.63, 3.8) is 0 Å². The Morgan fingerprint density at radius 2 is 1.18 bits per heavy atom. The number of rotatable bonds is 40. The minimum absolute atomic E-state index is 0.00181. The smallest absolute Gasteiger partial charge is 0.314 e. The molecule has 1 saturated heterocycles. The molecule has 29 heteroatoms. The van der Waals surface area contributed by atoms with E-state index in [9.17, 15) is 81.3 Å². The fourth-order valence-corrected chi connectivity index (χ4v) is 14.1. The third-order valence-corrected chi connectivity index (χ3v) is 20.7. The Kier molecular flexibility index (Phi) is 49.4. The highest BCUT2D eigenvalue weighted by Gasteiger charge is 2.52. The van der Waals surface area contributed by atoms with Crippen LogP contribution in [-0.4, -0.2) is 204 Å². The first-order valence-electron chi connectivity index (χ1n) is 42.0. The molecule has 13 N–H and O–H groups in total. The zero-order chi connectivity index (χ0) is 88.1. The van der Waals surface area contributed by atoms with Crippen molar-refractivity contribution in [3.8, 4) is 0 Å². The number of sulfone groups is 1. The van der Waals surface area contributed by atoms with Gasteiger partial charge in [0.2, 0.25) is 29.5 Å². The van der Waals surface area contributed by atoms with Crippen molar-refractivity contribution in [2.75, 3.05) is 19.3 Å². The van der Waals surface area contributed by atoms with Gasteiger partial charge in [-0.05, 0) is 114 Å². The summed E-state index contributed by atoms with van der Waals surface area (Å²) in [5.41, 5.74) is 0. The van der Waals surface area contributed by atoms with Gasteiger partial charge in [0.25, 0.3) is 5.91 Å². The number of esters is 1. The van der Waals surface area contributed by atoms with E-state index in [-0.39, 0.29) is 199 Å². The summed E-state index contributed by atoms with van der Waals surface area (Å²) < 4.78 is 28.1. The lowest BCUT2D eigenvalue weighted by Gasteiger charge is -2.37. The summed E-state index contributed by atoms with van der Waals surface area (Å²) >= 11 is 0. The van der Waals surface area contributed by atoms with Gasteiger partial charge in [-0.1, -0.05) is 175 Å². The maximum absolute atomic E-state index is 13.1. The second-order valence-corrected chi connectivity index (χ2v) is 37.2. The van der Waals surface area contributed by atoms with E-state index in [4.69, 9.17) is 4.74 Å². The SMILES string of the molecule is CC(C)C[C@H](CC(=O)[C@H](CC(C)C)NC(C)C)C(=O)N[C@H](/C=C/S(C)(=O)=O)CC(C)C.CC(C)N[C@H](C(=O)C[C@H]1/C=C/CCNC(=O)/C=C/[C@H](C(C)C)NC1=O)C(C)C.CC(C)N[C@H](C(=O)C[C@H]1C[C@@H](O)CCNC(=O)/C=C/[C@H](C)NC1=O)[C@@H](C)O.CC[C@H](C)[C@@H]1C(=O)O[C@H]1C(=O)N[C@H]1C[C@@H]1C[C@H](CC(=O)[C@H](C)NC(C)C)C(=O)O. The largest absolute Gasteiger partial charge is 0.481 e. The number of Topliss-reactive ketones (excluding diaryl/α,β-unsaturated/α-hetero) is 4. The first-order valence-corrected chi connectivity index (χ1v) is 43.9. The minimum Gasteiger partial charge on any atom is -0.481 e. The number of nitrogens with one attached hydrogen (secondary N) is 10. The van der Waals surface area contributed by atoms with E-state index in [1.54, 1.807) is 38.2 Å². The van der Waals surface area contributed by atoms with Crippen LogP contribution in [0, 0.1) is 71.0 Å². The summed E-state index contributed by atoms with van der Waals surface area (Å²) in [7, 11) is -3.28. The maximum atomic E-state index is 13.1. The van der Waals surface area contributed by atoms with Gasteiger partial charge in [0.05, 0.1) is 48.2 Å². The summed E-state index contributed by atoms with van der Waals surface area (Å²) in [6.45, 7) is 45.6. The third-order valence-electron chi connectivity index (χ3n) is 20.0. The number of cyclic esters (lactones) is 1. The van der Waals surface area contributed by atoms with E-state index < -0.39 is 81.8 Å². The summed E-state index contributed by atoms with van der Waals surface area (Å²) in [6, 6.07) is -2.35. The number of ketones is 4. The summed E-state index contributed by atoms with van der Waals surface area (Å²) in [6.07, 6.45) is 15.0. The van der Waals surface area contributed by atoms with Crippen LogP contribution in [0.4, 0.5) is 0 Å². The zero-order valence-corrected chi connectivity index (χ0v) is 74.5. The molecule has 0 radical (unpaired) electrons. The van der Waals surface area contributed by atoms with E-state index in [1.807, 2.05) is 131 Å². The molecule has 3 heterocycles. The van der Waals surface area contributed by atoms with Gasteiger partial charge < -0.3 is 73.2 Å². The predicted octanol–water partition coefficient (Wildman–Crippen LogP) is 7.62. The Balaban J connectivity index is 0.000000767. The lowest BCUT2D eigenvalue weighted by atomic mass is 9.83. The van der Waals surface area contributed by atoms with Crippen LogP contribution in [0.1, 0.15) is 243 Å². The van der Waals surface area contributed by atoms with Gasteiger partial charge in [-0.3, -0.25) is 57.5 Å². The molecule has 18 atom stereocenters. The molecule has 0 aromatic heterocycles. The number of hydrogen-bond donors (Lipinski definition) is 13. The number of carboxylic acid groups (broad SMARTS) is 1. The Morgan fingerprint density at radius 3 is 1.70 bits per heavy atom. The highest BCUT2D eigenvalue weighted by atomic mass is 32.2. The van der Waals surface area contributed by atoms with Crippen LogP contribution in [-0.2, 0) is 72.1 Å². The van der Waals surface area contributed by atoms with Gasteiger partial charge >= 0.3 is 11.9 Å². The van der Waals surface area contributed by atoms with Gasteiger partial charge in [0.15, 0.2) is 33.3 Å². The second kappa shape index (κ2) is 53.5. The average Bonchev–Trinajstić information content (AvgIpc) is 1.75. The highest BCUT2D eigenvalue weighted by Crippen LogP contribution is 2.39. The summed E-state index contributed by atoms with van der Waals surface area (Å²) in [5, 5.41) is 60.7. The Hall–Kier alpha value is -6.89. The van der Waals surface area contributed by atoms with Crippen molar-refractivity contribution < 1.29 is 86.0 Å². The molecular formula is C86H150N10O18S. The number of carboxylic acids is 1. The molecule has 0 aromatic rings. The molecule has 4 aliphatic rings. The zero-order valence-electron chi connectivity index (χ0n) is 73.7. The average molecular weight is 1640 g/mol. The van der Waals surface area contributed by atoms with Crippen molar-refractivity contribution in [1.29, 1.82) is 0 Å². The van der Waals surface area contributed by atoms with Crippen molar-refractivity contribution >= 4 is 80.4 Å². The molecule has 0 bridgehead atoms. The number of aliphatic hydroxyl groups is 2. The van der Waals surface area contributed by atoms with Gasteiger partial charge in [-0.25, -0.2) is 8.42 Å². The molecule has 1 saturated carbocycles. The second-order valence-electron chi connectivity index (χ2n) is 35.3. The van der Waals surface area contributed by atoms with E-state index in [2.05, 4.69) is 67.0 Å². The molecule has 658 valence electrons. The quantitative estimate of drug-likeness (QED) is 0.0207. The number of aliphatic carboxylic acids is 1. The molecule has 2 fully saturated rings. The van der Waals surface area contributed by atoms with Crippen LogP contribution in [0.25, 0.3) is 0 Å². The third kappa shape index (κ3) is 44.5. The van der Waals surface area contributed by atoms with Crippen molar-refractivity contribution in [2.45, 2.75) is 334 Å². The fraction of sp³-hybridized carbons (Fsp3) is 0.767. The molecule has 0 aromatic carbocycles. The van der Waals surface area contributed by atoms with Crippen LogP contribution in [0.3, 0.4) is 0 Å². The van der Waals surface area contributed by atoms with E-state index in [0.717, 1.165) is 24.5 Å². The van der Waals surface area contributed by atoms with Crippen LogP contribution >= 0.6 is 0 Å². The van der Waals surface area contributed by atoms with Crippen molar-refractivity contribution in [1.82, 2.24) is 53.2 Å². The lowest BCUT2D eigenvalue weighted by Crippen LogP contribution is -2.56. The van der Waals surface area contributed by atoms with Crippen molar-refractivity contribution in [2.24, 2.45) is 71.0 Å². The minimum atomic E-state index is -3.28. The number of hydrogen-bond acceptors (Lipinski definition) is 21. The Bertz CT molecular complexity index is 3320. The molecule has 115 heavy (non-hydrogen) atoms. The molecule has 3 aliphatic heterocycles. The molecular weight excluding hydrogens is 1490 g/mol. The monoisotopic (exact) mass is 1640 g/mol. The normalized spacial score (nSPS) is 24.2. The number of carbonyl (C=O) groups excluding carboxylic acids is 11. The van der Waals surface area contributed by atoms with Gasteiger partial charge in [0.1, 0.15) is 11.7 Å². The molecule has 6 amide bonds. The van der Waals surface area contributed by atoms with E-state index in [1.165, 1.54) is 19.1 Å². The Labute approximate surface area is 688 Å². The standard InChI is InChI=1S/C24H46N2O4S.C22H37N3O3.C21H34N2O6.C19H33N3O5/c1-16(2)12-20(15-23(27)22(14-18(5)6)25-19(7)8)24(28)26-21(13-17(3)4)10-11-31(9,29)30;1-14(2)18-10-11-20(27)23-12-8-7-9-17(22(28)25-18)13-19(26)21(15(3)4)24-16(5)6;1-6-11(4)17-18(29-21(17)28)19(25)23-15-8-13(15)7-14(20(26)27)9-16(24)12(5)22-10(2)3;1-11(2)21-18(13(4)23)16(25)10-14-9-15(24)7-8-20-17(26)6-5-12(3)22-19(14)27/h10-11,16-22,25H,12-15H2,1-9H3,(H,26,28);7,9-11,14-18,21,24H,8,12-13H2,1-6H3,(H,23,27)(H,25,28);10-15,17-18,22H,6-9H2,1-5H3,(H,23,25)(H,26,27);5-6,11-15,18,21,23-24H,7-10H2,1-4H3,(H,20,26)(H,22,27)/b11-10+;9-7+,11-10+;;6-5+/t20-,21-,22+;17-,18-,21+;11-,12-,13-,14+,15-,17-,18+;12-,13+,14+,15-,18-/m1100/s1. The van der Waals surface area contributed by atoms with Crippen LogP contribution in [0.15, 0.2) is 47.9 Å². The van der Waals surface area contributed by atoms with Crippen LogP contribution in [0.2, 0.25) is 0 Å². The number of amides is 6. The van der Waals surface area contributed by atoms with Gasteiger partial charge in [-0.15, -0.1) is 0 Å². The topological polar surface area (TPSA) is 429 Å². The first-order chi connectivity index (χ1) is 53.4.